The van der Waals surface area contributed by atoms with E-state index in [4.69, 9.17) is 5.11 Å². The van der Waals surface area contributed by atoms with E-state index in [-0.39, 0.29) is 19.1 Å². The Labute approximate surface area is 160 Å². The molecule has 5 heteroatoms. The fourth-order valence-electron chi connectivity index (χ4n) is 4.00. The summed E-state index contributed by atoms with van der Waals surface area (Å²) in [5.41, 5.74) is 2.86. The number of carbonyl (C=O) groups is 1. The SMILES string of the molecule is CN(C[C@H](O)CO)C(=O)C1(N(C)Cc2ccccc2)Cc2ccccc2C1. The van der Waals surface area contributed by atoms with Gasteiger partial charge in [0.05, 0.1) is 12.7 Å². The monoisotopic (exact) mass is 368 g/mol. The molecule has 2 aromatic rings. The van der Waals surface area contributed by atoms with Crippen molar-refractivity contribution < 1.29 is 15.0 Å². The van der Waals surface area contributed by atoms with Gasteiger partial charge < -0.3 is 15.1 Å². The zero-order valence-electron chi connectivity index (χ0n) is 16.0. The molecule has 2 N–H and O–H groups in total. The molecule has 144 valence electrons. The normalized spacial score (nSPS) is 16.2. The predicted molar refractivity (Wildman–Crippen MR) is 105 cm³/mol. The van der Waals surface area contributed by atoms with Crippen LogP contribution in [0.15, 0.2) is 54.6 Å². The number of hydrogen-bond donors (Lipinski definition) is 2. The van der Waals surface area contributed by atoms with Crippen molar-refractivity contribution in [2.75, 3.05) is 27.2 Å². The molecule has 3 rings (SSSR count). The summed E-state index contributed by atoms with van der Waals surface area (Å²) in [6.45, 7) is 0.425. The minimum atomic E-state index is -0.931. The first kappa shape index (κ1) is 19.5. The number of nitrogens with zero attached hydrogens (tertiary/aromatic N) is 2. The van der Waals surface area contributed by atoms with E-state index < -0.39 is 11.6 Å². The average Bonchev–Trinajstić information content (AvgIpc) is 3.08. The van der Waals surface area contributed by atoms with E-state index in [2.05, 4.69) is 29.2 Å². The fourth-order valence-corrected chi connectivity index (χ4v) is 4.00. The minimum Gasteiger partial charge on any atom is -0.394 e. The molecule has 2 aromatic carbocycles. The Kier molecular flexibility index (Phi) is 5.95. The molecule has 0 radical (unpaired) electrons. The number of amides is 1. The molecule has 0 aromatic heterocycles. The molecule has 1 atom stereocenters. The predicted octanol–water partition coefficient (Wildman–Crippen LogP) is 1.47. The molecule has 0 aliphatic heterocycles. The zero-order chi connectivity index (χ0) is 19.4. The van der Waals surface area contributed by atoms with Gasteiger partial charge in [-0.25, -0.2) is 0 Å². The molecule has 0 bridgehead atoms. The van der Waals surface area contributed by atoms with Crippen LogP contribution in [0, 0.1) is 0 Å². The van der Waals surface area contributed by atoms with Crippen molar-refractivity contribution in [2.45, 2.75) is 31.0 Å². The molecule has 0 fully saturated rings. The van der Waals surface area contributed by atoms with Crippen LogP contribution in [0.25, 0.3) is 0 Å². The maximum absolute atomic E-state index is 13.5. The van der Waals surface area contributed by atoms with Gasteiger partial charge in [-0.3, -0.25) is 9.69 Å². The van der Waals surface area contributed by atoms with Gasteiger partial charge in [0.25, 0.3) is 0 Å². The van der Waals surface area contributed by atoms with Crippen LogP contribution < -0.4 is 0 Å². The molecule has 0 unspecified atom stereocenters. The number of carbonyl (C=O) groups excluding carboxylic acids is 1. The first-order valence-corrected chi connectivity index (χ1v) is 9.32. The van der Waals surface area contributed by atoms with Crippen molar-refractivity contribution in [3.8, 4) is 0 Å². The Morgan fingerprint density at radius 2 is 1.59 bits per heavy atom. The maximum Gasteiger partial charge on any atom is 0.243 e. The van der Waals surface area contributed by atoms with Crippen LogP contribution >= 0.6 is 0 Å². The molecule has 0 saturated heterocycles. The first-order chi connectivity index (χ1) is 13.0. The summed E-state index contributed by atoms with van der Waals surface area (Å²) < 4.78 is 0. The van der Waals surface area contributed by atoms with Crippen LogP contribution in [0.1, 0.15) is 16.7 Å². The van der Waals surface area contributed by atoms with Crippen molar-refractivity contribution in [3.63, 3.8) is 0 Å². The molecule has 1 aliphatic rings. The first-order valence-electron chi connectivity index (χ1n) is 9.32. The fraction of sp³-hybridized carbons (Fsp3) is 0.409. The highest BCUT2D eigenvalue weighted by Crippen LogP contribution is 2.36. The zero-order valence-corrected chi connectivity index (χ0v) is 16.0. The summed E-state index contributed by atoms with van der Waals surface area (Å²) in [6, 6.07) is 18.3. The van der Waals surface area contributed by atoms with Crippen molar-refractivity contribution in [1.82, 2.24) is 9.80 Å². The quantitative estimate of drug-likeness (QED) is 0.777. The van der Waals surface area contributed by atoms with Crippen molar-refractivity contribution >= 4 is 5.91 Å². The Balaban J connectivity index is 1.89. The van der Waals surface area contributed by atoms with Crippen LogP contribution in [0.5, 0.6) is 0 Å². The van der Waals surface area contributed by atoms with Crippen LogP contribution in [0.3, 0.4) is 0 Å². The van der Waals surface area contributed by atoms with E-state index in [0.717, 1.165) is 5.56 Å². The summed E-state index contributed by atoms with van der Waals surface area (Å²) >= 11 is 0. The largest absolute Gasteiger partial charge is 0.394 e. The molecule has 0 heterocycles. The molecule has 0 spiro atoms. The van der Waals surface area contributed by atoms with Gasteiger partial charge >= 0.3 is 0 Å². The topological polar surface area (TPSA) is 64.0 Å². The molecule has 27 heavy (non-hydrogen) atoms. The lowest BCUT2D eigenvalue weighted by atomic mass is 9.91. The van der Waals surface area contributed by atoms with Gasteiger partial charge in [0.1, 0.15) is 5.54 Å². The standard InChI is InChI=1S/C22H28N2O3/c1-23(15-20(26)16-25)21(27)22(12-18-10-6-7-11-19(18)13-22)24(2)14-17-8-4-3-5-9-17/h3-11,20,25-26H,12-16H2,1-2H3/t20-/m0/s1. The van der Waals surface area contributed by atoms with Crippen LogP contribution in [-0.2, 0) is 24.2 Å². The van der Waals surface area contributed by atoms with Crippen LogP contribution in [-0.4, -0.2) is 64.8 Å². The van der Waals surface area contributed by atoms with Gasteiger partial charge in [-0.15, -0.1) is 0 Å². The third-order valence-electron chi connectivity index (χ3n) is 5.52. The average molecular weight is 368 g/mol. The number of likely N-dealkylation sites (N-methyl/N-ethyl adjacent to an activating group) is 2. The Bertz CT molecular complexity index is 753. The minimum absolute atomic E-state index is 0.0235. The third-order valence-corrected chi connectivity index (χ3v) is 5.52. The smallest absolute Gasteiger partial charge is 0.243 e. The van der Waals surface area contributed by atoms with Gasteiger partial charge in [0.2, 0.25) is 5.91 Å². The summed E-state index contributed by atoms with van der Waals surface area (Å²) in [4.78, 5) is 17.2. The molecular weight excluding hydrogens is 340 g/mol. The second-order valence-corrected chi connectivity index (χ2v) is 7.52. The lowest BCUT2D eigenvalue weighted by Gasteiger charge is -2.40. The van der Waals surface area contributed by atoms with E-state index in [1.54, 1.807) is 11.9 Å². The Morgan fingerprint density at radius 3 is 2.15 bits per heavy atom. The third kappa shape index (κ3) is 4.05. The number of fused-ring (bicyclic) bond motifs is 1. The molecular formula is C22H28N2O3. The van der Waals surface area contributed by atoms with Gasteiger partial charge in [-0.05, 0) is 23.7 Å². The summed E-state index contributed by atoms with van der Waals surface area (Å²) in [7, 11) is 3.69. The maximum atomic E-state index is 13.5. The highest BCUT2D eigenvalue weighted by atomic mass is 16.3. The number of benzene rings is 2. The van der Waals surface area contributed by atoms with E-state index in [1.807, 2.05) is 37.4 Å². The number of aliphatic hydroxyl groups is 2. The van der Waals surface area contributed by atoms with Gasteiger partial charge in [-0.1, -0.05) is 54.6 Å². The van der Waals surface area contributed by atoms with Gasteiger partial charge in [0.15, 0.2) is 0 Å². The summed E-state index contributed by atoms with van der Waals surface area (Å²) in [5.74, 6) is -0.0235. The van der Waals surface area contributed by atoms with Crippen molar-refractivity contribution in [1.29, 1.82) is 0 Å². The lowest BCUT2D eigenvalue weighted by molar-refractivity contribution is -0.144. The van der Waals surface area contributed by atoms with E-state index in [9.17, 15) is 9.90 Å². The highest BCUT2D eigenvalue weighted by molar-refractivity contribution is 5.88. The second-order valence-electron chi connectivity index (χ2n) is 7.52. The van der Waals surface area contributed by atoms with Crippen LogP contribution in [0.2, 0.25) is 0 Å². The molecule has 0 saturated carbocycles. The van der Waals surface area contributed by atoms with Crippen molar-refractivity contribution in [2.24, 2.45) is 0 Å². The van der Waals surface area contributed by atoms with E-state index in [0.29, 0.717) is 19.4 Å². The summed E-state index contributed by atoms with van der Waals surface area (Å²) in [5, 5.41) is 18.9. The van der Waals surface area contributed by atoms with E-state index >= 15 is 0 Å². The number of hydrogen-bond acceptors (Lipinski definition) is 4. The molecule has 5 nitrogen and oxygen atoms in total. The second kappa shape index (κ2) is 8.21. The van der Waals surface area contributed by atoms with Gasteiger partial charge in [0, 0.05) is 33.0 Å². The summed E-state index contributed by atoms with van der Waals surface area (Å²) in [6.07, 6.45) is 0.356. The number of rotatable bonds is 7. The molecule has 1 aliphatic carbocycles. The highest BCUT2D eigenvalue weighted by Gasteiger charge is 2.48. The number of aliphatic hydroxyl groups excluding tert-OH is 2. The Morgan fingerprint density at radius 1 is 1.04 bits per heavy atom. The Hall–Kier alpha value is -2.21. The van der Waals surface area contributed by atoms with Gasteiger partial charge in [-0.2, -0.15) is 0 Å². The van der Waals surface area contributed by atoms with Crippen LogP contribution in [0.4, 0.5) is 0 Å². The van der Waals surface area contributed by atoms with Crippen molar-refractivity contribution in [3.05, 3.63) is 71.3 Å². The molecule has 1 amide bonds. The van der Waals surface area contributed by atoms with E-state index in [1.165, 1.54) is 11.1 Å². The lowest BCUT2D eigenvalue weighted by Crippen LogP contribution is -2.59.